The number of nitrogens with one attached hydrogen (secondary N) is 2. The van der Waals surface area contributed by atoms with E-state index >= 15 is 0 Å². The zero-order valence-corrected chi connectivity index (χ0v) is 24.4. The molecule has 1 aliphatic carbocycles. The number of thiophene rings is 1. The SMILES string of the molecule is B=C(OC)c1c(NC(=O)NC/C(C2=C(CCCC)CN(CC)CC2)=C(/C)n2cccc2)sc2c1CCCC2. The van der Waals surface area contributed by atoms with E-state index in [2.05, 4.69) is 72.9 Å². The van der Waals surface area contributed by atoms with E-state index in [9.17, 15) is 4.79 Å². The maximum absolute atomic E-state index is 13.3. The molecule has 204 valence electrons. The second-order valence-corrected chi connectivity index (χ2v) is 11.4. The number of ether oxygens (including phenoxy) is 1. The van der Waals surface area contributed by atoms with Gasteiger partial charge >= 0.3 is 207 Å². The molecule has 2 aliphatic rings. The summed E-state index contributed by atoms with van der Waals surface area (Å²) in [5.74, 6) is 0. The molecule has 38 heavy (non-hydrogen) atoms. The summed E-state index contributed by atoms with van der Waals surface area (Å²) >= 11 is 1.67. The number of allylic oxidation sites excluding steroid dienone is 1. The number of nitrogens with zero attached hydrogens (tertiary/aromatic N) is 2. The first kappa shape index (κ1) is 28.4. The number of urea groups is 1. The Morgan fingerprint density at radius 2 is 1.92 bits per heavy atom. The molecule has 0 saturated heterocycles. The number of hydrogen-bond donors (Lipinski definition) is 2. The van der Waals surface area contributed by atoms with Crippen molar-refractivity contribution in [2.75, 3.05) is 38.6 Å². The first-order valence-electron chi connectivity index (χ1n) is 14.2. The molecule has 0 radical (unpaired) electrons. The van der Waals surface area contributed by atoms with Crippen LogP contribution in [-0.2, 0) is 17.6 Å². The van der Waals surface area contributed by atoms with Crippen LogP contribution in [0.2, 0.25) is 0 Å². The van der Waals surface area contributed by atoms with Crippen LogP contribution in [0.3, 0.4) is 0 Å². The molecular formula is C30H43BN4O2S. The van der Waals surface area contributed by atoms with Gasteiger partial charge in [-0.3, -0.25) is 0 Å². The molecule has 0 saturated carbocycles. The average Bonchev–Trinajstić information content (AvgIpc) is 3.60. The van der Waals surface area contributed by atoms with Gasteiger partial charge < -0.3 is 0 Å². The van der Waals surface area contributed by atoms with Gasteiger partial charge in [0, 0.05) is 0 Å². The number of likely N-dealkylation sites (N-methyl/N-ethyl adjacent to an activating group) is 1. The Hall–Kier alpha value is -2.58. The van der Waals surface area contributed by atoms with Crippen molar-refractivity contribution in [3.8, 4) is 0 Å². The first-order chi connectivity index (χ1) is 18.5. The topological polar surface area (TPSA) is 58.5 Å². The van der Waals surface area contributed by atoms with Gasteiger partial charge in [-0.1, -0.05) is 20.3 Å². The van der Waals surface area contributed by atoms with E-state index in [1.807, 2.05) is 0 Å². The van der Waals surface area contributed by atoms with Crippen LogP contribution in [0.15, 0.2) is 41.2 Å². The number of aromatic nitrogens is 1. The number of carbonyl (C=O) groups excluding carboxylic acids is 1. The Morgan fingerprint density at radius 3 is 2.63 bits per heavy atom. The molecule has 0 aromatic carbocycles. The van der Waals surface area contributed by atoms with Crippen molar-refractivity contribution in [3.05, 3.63) is 57.2 Å². The normalized spacial score (nSPS) is 16.6. The number of hydrogen-bond acceptors (Lipinski definition) is 4. The molecule has 8 heteroatoms. The minimum atomic E-state index is -0.187. The molecule has 1 aliphatic heterocycles. The molecule has 2 aromatic rings. The summed E-state index contributed by atoms with van der Waals surface area (Å²) < 4.78 is 7.68. The van der Waals surface area contributed by atoms with Crippen LogP contribution in [0, 0.1) is 0 Å². The van der Waals surface area contributed by atoms with E-state index < -0.39 is 0 Å². The molecule has 0 fully saturated rings. The van der Waals surface area contributed by atoms with Crippen LogP contribution in [0.25, 0.3) is 5.70 Å². The van der Waals surface area contributed by atoms with Crippen molar-refractivity contribution in [1.29, 1.82) is 0 Å². The minimum absolute atomic E-state index is 0.187. The summed E-state index contributed by atoms with van der Waals surface area (Å²) in [6.07, 6.45) is 13.1. The number of fused-ring (bicyclic) bond motifs is 1. The van der Waals surface area contributed by atoms with Crippen molar-refractivity contribution < 1.29 is 9.53 Å². The fourth-order valence-corrected chi connectivity index (χ4v) is 6.98. The van der Waals surface area contributed by atoms with E-state index in [4.69, 9.17) is 4.74 Å². The van der Waals surface area contributed by atoms with Gasteiger partial charge in [0.05, 0.1) is 0 Å². The predicted octanol–water partition coefficient (Wildman–Crippen LogP) is 5.72. The summed E-state index contributed by atoms with van der Waals surface area (Å²) in [4.78, 5) is 17.2. The summed E-state index contributed by atoms with van der Waals surface area (Å²) in [6.45, 7) is 10.3. The van der Waals surface area contributed by atoms with Crippen LogP contribution in [0.5, 0.6) is 0 Å². The third kappa shape index (κ3) is 6.52. The van der Waals surface area contributed by atoms with Gasteiger partial charge in [0.25, 0.3) is 0 Å². The molecule has 2 N–H and O–H groups in total. The fraction of sp³-hybridized carbons (Fsp3) is 0.533. The van der Waals surface area contributed by atoms with Crippen molar-refractivity contribution in [1.82, 2.24) is 14.8 Å². The summed E-state index contributed by atoms with van der Waals surface area (Å²) in [6, 6.07) is 3.92. The van der Waals surface area contributed by atoms with E-state index in [0.717, 1.165) is 62.3 Å². The molecule has 0 atom stereocenters. The number of rotatable bonds is 11. The first-order valence-corrected chi connectivity index (χ1v) is 15.0. The van der Waals surface area contributed by atoms with E-state index in [1.54, 1.807) is 18.4 Å². The number of carbonyl (C=O) groups is 1. The average molecular weight is 535 g/mol. The molecule has 0 spiro atoms. The van der Waals surface area contributed by atoms with Crippen LogP contribution in [-0.4, -0.2) is 61.9 Å². The second-order valence-electron chi connectivity index (χ2n) is 10.3. The summed E-state index contributed by atoms with van der Waals surface area (Å²) in [7, 11) is 5.76. The third-order valence-corrected chi connectivity index (χ3v) is 9.15. The van der Waals surface area contributed by atoms with E-state index in [-0.39, 0.29) is 6.03 Å². The van der Waals surface area contributed by atoms with Gasteiger partial charge in [-0.2, -0.15) is 0 Å². The number of aryl methyl sites for hydroxylation is 1. The standard InChI is InChI=1S/C30H43BN4O2S/c1-5-7-12-22-20-34(6-2)18-15-23(22)25(21(3)35-16-10-11-17-35)19-32-30(36)33-29-27(28(31)37-4)24-13-8-9-14-26(24)38-29/h10-11,16-17,31H,5-9,12-15,18-20H2,1-4H3,(H2,32,33,36)/b25-21+. The summed E-state index contributed by atoms with van der Waals surface area (Å²) in [5, 5.41) is 7.20. The number of amides is 2. The molecule has 2 amide bonds. The predicted molar refractivity (Wildman–Crippen MR) is 163 cm³/mol. The van der Waals surface area contributed by atoms with Gasteiger partial charge in [-0.15, -0.1) is 0 Å². The van der Waals surface area contributed by atoms with E-state index in [1.165, 1.54) is 52.1 Å². The quantitative estimate of drug-likeness (QED) is 0.363. The Bertz CT molecular complexity index is 1200. The fourth-order valence-electron chi connectivity index (χ4n) is 5.68. The van der Waals surface area contributed by atoms with Crippen molar-refractivity contribution in [2.24, 2.45) is 0 Å². The number of methoxy groups -OCH3 is 1. The molecule has 0 bridgehead atoms. The zero-order valence-electron chi connectivity index (χ0n) is 23.6. The Morgan fingerprint density at radius 1 is 1.16 bits per heavy atom. The van der Waals surface area contributed by atoms with Crippen LogP contribution in [0.4, 0.5) is 9.80 Å². The number of unbranched alkanes of at least 4 members (excludes halogenated alkanes) is 1. The third-order valence-electron chi connectivity index (χ3n) is 7.94. The zero-order chi connectivity index (χ0) is 27.1. The molecule has 2 aromatic heterocycles. The van der Waals surface area contributed by atoms with Crippen molar-refractivity contribution >= 4 is 41.2 Å². The van der Waals surface area contributed by atoms with Gasteiger partial charge in [0.1, 0.15) is 0 Å². The van der Waals surface area contributed by atoms with Crippen LogP contribution < -0.4 is 10.6 Å². The Balaban J connectivity index is 1.59. The van der Waals surface area contributed by atoms with E-state index in [0.29, 0.717) is 12.2 Å². The van der Waals surface area contributed by atoms with Crippen LogP contribution >= 0.6 is 11.3 Å². The molecule has 3 heterocycles. The second kappa shape index (κ2) is 13.5. The van der Waals surface area contributed by atoms with Crippen LogP contribution in [0.1, 0.15) is 75.3 Å². The Kier molecular flexibility index (Phi) is 10.1. The summed E-state index contributed by atoms with van der Waals surface area (Å²) in [5.41, 5.74) is 8.23. The van der Waals surface area contributed by atoms with Gasteiger partial charge in [-0.05, 0) is 6.54 Å². The van der Waals surface area contributed by atoms with Gasteiger partial charge in [0.2, 0.25) is 0 Å². The molecule has 4 rings (SSSR count). The molecular weight excluding hydrogens is 491 g/mol. The molecule has 6 nitrogen and oxygen atoms in total. The number of anilines is 1. The van der Waals surface area contributed by atoms with Gasteiger partial charge in [-0.25, -0.2) is 0 Å². The monoisotopic (exact) mass is 534 g/mol. The van der Waals surface area contributed by atoms with Gasteiger partial charge in [0.15, 0.2) is 0 Å². The van der Waals surface area contributed by atoms with Crippen molar-refractivity contribution in [3.63, 3.8) is 0 Å². The molecule has 0 unspecified atom stereocenters. The van der Waals surface area contributed by atoms with Crippen molar-refractivity contribution in [2.45, 2.75) is 72.1 Å². The Labute approximate surface area is 233 Å². The maximum atomic E-state index is 13.3.